The van der Waals surface area contributed by atoms with Gasteiger partial charge in [0.2, 0.25) is 10.0 Å². The van der Waals surface area contributed by atoms with Gasteiger partial charge in [-0.1, -0.05) is 36.2 Å². The van der Waals surface area contributed by atoms with Gasteiger partial charge in [-0.25, -0.2) is 8.42 Å². The fourth-order valence-corrected chi connectivity index (χ4v) is 6.01. The molecule has 1 amide bonds. The van der Waals surface area contributed by atoms with Gasteiger partial charge in [-0.2, -0.15) is 4.31 Å². The van der Waals surface area contributed by atoms with Crippen molar-refractivity contribution in [1.29, 1.82) is 0 Å². The lowest BCUT2D eigenvalue weighted by atomic mass is 10.1. The number of halogens is 2. The normalized spacial score (nSPS) is 15.3. The minimum atomic E-state index is -3.83. The minimum absolute atomic E-state index is 0.0834. The van der Waals surface area contributed by atoms with Crippen molar-refractivity contribution in [3.05, 3.63) is 58.1 Å². The van der Waals surface area contributed by atoms with Crippen LogP contribution in [0.4, 0.5) is 5.69 Å². The molecule has 2 aromatic rings. The summed E-state index contributed by atoms with van der Waals surface area (Å²) in [5.41, 5.74) is 1.65. The average molecular weight is 470 g/mol. The third-order valence-electron chi connectivity index (χ3n) is 5.16. The molecule has 30 heavy (non-hydrogen) atoms. The Labute approximate surface area is 188 Å². The Kier molecular flexibility index (Phi) is 7.29. The van der Waals surface area contributed by atoms with E-state index in [-0.39, 0.29) is 33.9 Å². The Hall–Kier alpha value is -1.80. The summed E-state index contributed by atoms with van der Waals surface area (Å²) in [5, 5.41) is 0.184. The fourth-order valence-electron chi connectivity index (χ4n) is 3.50. The number of benzene rings is 2. The van der Waals surface area contributed by atoms with E-state index in [1.165, 1.54) is 16.4 Å². The zero-order valence-corrected chi connectivity index (χ0v) is 19.3. The molecule has 0 radical (unpaired) electrons. The molecule has 2 aromatic carbocycles. The highest BCUT2D eigenvalue weighted by atomic mass is 35.5. The first-order valence-electron chi connectivity index (χ1n) is 9.80. The van der Waals surface area contributed by atoms with Crippen molar-refractivity contribution in [3.63, 3.8) is 0 Å². The van der Waals surface area contributed by atoms with Gasteiger partial charge in [0.05, 0.1) is 10.0 Å². The summed E-state index contributed by atoms with van der Waals surface area (Å²) in [7, 11) is -1.81. The largest absolute Gasteiger partial charge is 0.375 e. The van der Waals surface area contributed by atoms with Crippen LogP contribution in [0.3, 0.4) is 0 Å². The maximum Gasteiger partial charge on any atom is 0.253 e. The summed E-state index contributed by atoms with van der Waals surface area (Å²) >= 11 is 12.2. The molecule has 1 aliphatic rings. The van der Waals surface area contributed by atoms with E-state index >= 15 is 0 Å². The Morgan fingerprint density at radius 2 is 1.57 bits per heavy atom. The zero-order valence-electron chi connectivity index (χ0n) is 17.0. The molecular formula is C21H25Cl2N3O3S. The van der Waals surface area contributed by atoms with Gasteiger partial charge in [0.1, 0.15) is 4.90 Å². The number of carbonyl (C=O) groups is 1. The molecule has 0 saturated carbocycles. The van der Waals surface area contributed by atoms with Crippen LogP contribution >= 0.6 is 23.2 Å². The molecule has 9 heteroatoms. The van der Waals surface area contributed by atoms with Crippen LogP contribution in [0.25, 0.3) is 0 Å². The van der Waals surface area contributed by atoms with E-state index in [4.69, 9.17) is 23.2 Å². The van der Waals surface area contributed by atoms with Gasteiger partial charge < -0.3 is 9.80 Å². The van der Waals surface area contributed by atoms with Crippen molar-refractivity contribution in [1.82, 2.24) is 9.21 Å². The summed E-state index contributed by atoms with van der Waals surface area (Å²) < 4.78 is 27.3. The van der Waals surface area contributed by atoms with Crippen molar-refractivity contribution < 1.29 is 13.2 Å². The van der Waals surface area contributed by atoms with Crippen LogP contribution < -0.4 is 4.90 Å². The quantitative estimate of drug-likeness (QED) is 0.641. The first-order valence-corrected chi connectivity index (χ1v) is 12.0. The summed E-state index contributed by atoms with van der Waals surface area (Å²) in [4.78, 5) is 16.6. The van der Waals surface area contributed by atoms with Gasteiger partial charge in [-0.05, 0) is 42.8 Å². The van der Waals surface area contributed by atoms with Crippen LogP contribution in [0.2, 0.25) is 10.0 Å². The third-order valence-corrected chi connectivity index (χ3v) is 8.01. The molecule has 0 unspecified atom stereocenters. The lowest BCUT2D eigenvalue weighted by molar-refractivity contribution is 0.0698. The second kappa shape index (κ2) is 9.56. The molecule has 0 aliphatic carbocycles. The highest BCUT2D eigenvalue weighted by molar-refractivity contribution is 7.89. The predicted molar refractivity (Wildman–Crippen MR) is 121 cm³/mol. The number of hydrogen-bond acceptors (Lipinski definition) is 4. The Balaban J connectivity index is 1.67. The van der Waals surface area contributed by atoms with Crippen molar-refractivity contribution >= 4 is 44.8 Å². The van der Waals surface area contributed by atoms with Crippen LogP contribution in [0.5, 0.6) is 0 Å². The van der Waals surface area contributed by atoms with Crippen LogP contribution in [0.15, 0.2) is 47.4 Å². The van der Waals surface area contributed by atoms with Crippen LogP contribution in [-0.2, 0) is 10.0 Å². The number of sulfonamides is 1. The van der Waals surface area contributed by atoms with E-state index in [0.29, 0.717) is 18.7 Å². The molecule has 1 saturated heterocycles. The van der Waals surface area contributed by atoms with Crippen molar-refractivity contribution in [2.45, 2.75) is 18.2 Å². The second-order valence-corrected chi connectivity index (χ2v) is 9.90. The molecule has 0 bridgehead atoms. The van der Waals surface area contributed by atoms with Crippen molar-refractivity contribution in [2.24, 2.45) is 0 Å². The highest BCUT2D eigenvalue weighted by Gasteiger charge is 2.33. The summed E-state index contributed by atoms with van der Waals surface area (Å²) in [6.07, 6.45) is 1.05. The minimum Gasteiger partial charge on any atom is -0.375 e. The highest BCUT2D eigenvalue weighted by Crippen LogP contribution is 2.32. The van der Waals surface area contributed by atoms with E-state index in [1.54, 1.807) is 11.0 Å². The average Bonchev–Trinajstić information content (AvgIpc) is 2.73. The van der Waals surface area contributed by atoms with Crippen molar-refractivity contribution in [3.8, 4) is 0 Å². The SMILES string of the molecule is CCCN(C)c1ccc(C(=O)N2CCN(S(=O)(=O)c3c(Cl)cccc3Cl)CC2)cc1. The molecule has 1 aliphatic heterocycles. The summed E-state index contributed by atoms with van der Waals surface area (Å²) in [5.74, 6) is -0.104. The molecule has 0 aromatic heterocycles. The summed E-state index contributed by atoms with van der Waals surface area (Å²) in [6.45, 7) is 4.04. The lowest BCUT2D eigenvalue weighted by Gasteiger charge is -2.34. The maximum absolute atomic E-state index is 13.0. The van der Waals surface area contributed by atoms with Gasteiger partial charge in [0.25, 0.3) is 5.91 Å². The number of hydrogen-bond donors (Lipinski definition) is 0. The van der Waals surface area contributed by atoms with Crippen LogP contribution in [0, 0.1) is 0 Å². The molecule has 3 rings (SSSR count). The zero-order chi connectivity index (χ0) is 21.9. The smallest absolute Gasteiger partial charge is 0.253 e. The summed E-state index contributed by atoms with van der Waals surface area (Å²) in [6, 6.07) is 12.1. The third kappa shape index (κ3) is 4.75. The molecular weight excluding hydrogens is 445 g/mol. The fraction of sp³-hybridized carbons (Fsp3) is 0.381. The molecule has 1 fully saturated rings. The van der Waals surface area contributed by atoms with E-state index in [0.717, 1.165) is 18.7 Å². The Bertz CT molecular complexity index is 984. The number of anilines is 1. The number of rotatable bonds is 6. The predicted octanol–water partition coefficient (Wildman–Crippen LogP) is 3.99. The monoisotopic (exact) mass is 469 g/mol. The van der Waals surface area contributed by atoms with E-state index in [2.05, 4.69) is 11.8 Å². The maximum atomic E-state index is 13.0. The topological polar surface area (TPSA) is 60.9 Å². The van der Waals surface area contributed by atoms with Crippen molar-refractivity contribution in [2.75, 3.05) is 44.7 Å². The van der Waals surface area contributed by atoms with E-state index in [1.807, 2.05) is 31.3 Å². The standard InChI is InChI=1S/C21H25Cl2N3O3S/c1-3-11-24(2)17-9-7-16(8-10-17)21(27)25-12-14-26(15-13-25)30(28,29)20-18(22)5-4-6-19(20)23/h4-10H,3,11-15H2,1-2H3. The van der Waals surface area contributed by atoms with E-state index in [9.17, 15) is 13.2 Å². The van der Waals surface area contributed by atoms with Gasteiger partial charge >= 0.3 is 0 Å². The molecule has 1 heterocycles. The Morgan fingerprint density at radius 1 is 1.00 bits per heavy atom. The molecule has 6 nitrogen and oxygen atoms in total. The van der Waals surface area contributed by atoms with Gasteiger partial charge in [0.15, 0.2) is 0 Å². The molecule has 0 spiro atoms. The van der Waals surface area contributed by atoms with Gasteiger partial charge in [0, 0.05) is 51.0 Å². The van der Waals surface area contributed by atoms with Crippen LogP contribution in [-0.4, -0.2) is 63.3 Å². The number of piperazine rings is 1. The molecule has 162 valence electrons. The number of amides is 1. The molecule has 0 atom stereocenters. The first-order chi connectivity index (χ1) is 14.3. The Morgan fingerprint density at radius 3 is 2.10 bits per heavy atom. The lowest BCUT2D eigenvalue weighted by Crippen LogP contribution is -2.50. The second-order valence-electron chi connectivity index (χ2n) is 7.22. The first kappa shape index (κ1) is 22.9. The van der Waals surface area contributed by atoms with E-state index < -0.39 is 10.0 Å². The van der Waals surface area contributed by atoms with Gasteiger partial charge in [-0.3, -0.25) is 4.79 Å². The molecule has 0 N–H and O–H groups in total. The number of nitrogens with zero attached hydrogens (tertiary/aromatic N) is 3. The number of carbonyl (C=O) groups excluding carboxylic acids is 1. The van der Waals surface area contributed by atoms with Gasteiger partial charge in [-0.15, -0.1) is 0 Å². The van der Waals surface area contributed by atoms with Crippen LogP contribution in [0.1, 0.15) is 23.7 Å².